The predicted molar refractivity (Wildman–Crippen MR) is 99.9 cm³/mol. The molecule has 1 saturated heterocycles. The van der Waals surface area contributed by atoms with Crippen molar-refractivity contribution in [1.29, 1.82) is 0 Å². The van der Waals surface area contributed by atoms with Crippen molar-refractivity contribution in [1.82, 2.24) is 10.2 Å². The topological polar surface area (TPSA) is 84.9 Å². The van der Waals surface area contributed by atoms with Crippen molar-refractivity contribution in [2.75, 3.05) is 20.2 Å². The van der Waals surface area contributed by atoms with E-state index in [1.807, 2.05) is 48.5 Å². The number of methoxy groups -OCH3 is 1. The first-order valence-electron chi connectivity index (χ1n) is 9.11. The second kappa shape index (κ2) is 7.34. The number of para-hydroxylation sites is 2. The lowest BCUT2D eigenvalue weighted by atomic mass is 9.86. The Morgan fingerprint density at radius 3 is 2.32 bits per heavy atom. The SMILES string of the molecule is COC(=O)CC1C(=O)NCCN1C(=O)C1c2ccccc2Oc2ccccc21. The van der Waals surface area contributed by atoms with Gasteiger partial charge in [0.05, 0.1) is 19.4 Å². The maximum Gasteiger partial charge on any atom is 0.308 e. The van der Waals surface area contributed by atoms with E-state index in [1.165, 1.54) is 12.0 Å². The lowest BCUT2D eigenvalue weighted by Gasteiger charge is -2.38. The summed E-state index contributed by atoms with van der Waals surface area (Å²) in [6.45, 7) is 0.669. The molecule has 0 radical (unpaired) electrons. The molecule has 2 aliphatic rings. The molecule has 1 fully saturated rings. The van der Waals surface area contributed by atoms with Crippen LogP contribution in [0.25, 0.3) is 0 Å². The molecule has 0 aliphatic carbocycles. The zero-order valence-corrected chi connectivity index (χ0v) is 15.4. The lowest BCUT2D eigenvalue weighted by Crippen LogP contribution is -2.58. The van der Waals surface area contributed by atoms with Crippen molar-refractivity contribution in [3.8, 4) is 11.5 Å². The van der Waals surface area contributed by atoms with E-state index < -0.39 is 17.9 Å². The third-order valence-electron chi connectivity index (χ3n) is 5.13. The number of hydrogen-bond donors (Lipinski definition) is 1. The number of esters is 1. The third kappa shape index (κ3) is 3.09. The molecule has 1 unspecified atom stereocenters. The zero-order chi connectivity index (χ0) is 19.7. The van der Waals surface area contributed by atoms with Crippen molar-refractivity contribution < 1.29 is 23.9 Å². The van der Waals surface area contributed by atoms with Crippen LogP contribution >= 0.6 is 0 Å². The van der Waals surface area contributed by atoms with Gasteiger partial charge in [-0.05, 0) is 12.1 Å². The molecule has 2 amide bonds. The highest BCUT2D eigenvalue weighted by molar-refractivity contribution is 5.96. The van der Waals surface area contributed by atoms with E-state index in [0.29, 0.717) is 24.6 Å². The number of carbonyl (C=O) groups is 3. The van der Waals surface area contributed by atoms with Gasteiger partial charge >= 0.3 is 5.97 Å². The van der Waals surface area contributed by atoms with Gasteiger partial charge in [0, 0.05) is 24.2 Å². The van der Waals surface area contributed by atoms with Crippen LogP contribution in [0.1, 0.15) is 23.5 Å². The Morgan fingerprint density at radius 2 is 1.71 bits per heavy atom. The van der Waals surface area contributed by atoms with Gasteiger partial charge in [-0.2, -0.15) is 0 Å². The first-order valence-corrected chi connectivity index (χ1v) is 9.11. The van der Waals surface area contributed by atoms with Crippen molar-refractivity contribution in [2.24, 2.45) is 0 Å². The number of fused-ring (bicyclic) bond motifs is 2. The molecular formula is C21H20N2O5. The summed E-state index contributed by atoms with van der Waals surface area (Å²) < 4.78 is 10.7. The largest absolute Gasteiger partial charge is 0.469 e. The highest BCUT2D eigenvalue weighted by atomic mass is 16.5. The Hall–Kier alpha value is -3.35. The normalized spacial score (nSPS) is 18.4. The molecule has 2 aromatic rings. The number of amides is 2. The van der Waals surface area contributed by atoms with Crippen LogP contribution in [-0.4, -0.2) is 48.9 Å². The fraction of sp³-hybridized carbons (Fsp3) is 0.286. The molecule has 1 N–H and O–H groups in total. The van der Waals surface area contributed by atoms with Crippen molar-refractivity contribution in [3.05, 3.63) is 59.7 Å². The van der Waals surface area contributed by atoms with Gasteiger partial charge in [0.2, 0.25) is 11.8 Å². The number of rotatable bonds is 3. The van der Waals surface area contributed by atoms with Crippen molar-refractivity contribution in [3.63, 3.8) is 0 Å². The first-order chi connectivity index (χ1) is 13.6. The van der Waals surface area contributed by atoms with Crippen molar-refractivity contribution >= 4 is 17.8 Å². The Balaban J connectivity index is 1.74. The average Bonchev–Trinajstić information content (AvgIpc) is 2.72. The third-order valence-corrected chi connectivity index (χ3v) is 5.13. The summed E-state index contributed by atoms with van der Waals surface area (Å²) in [5, 5.41) is 2.72. The molecule has 28 heavy (non-hydrogen) atoms. The summed E-state index contributed by atoms with van der Waals surface area (Å²) in [6.07, 6.45) is -0.180. The minimum Gasteiger partial charge on any atom is -0.469 e. The van der Waals surface area contributed by atoms with Gasteiger partial charge in [0.15, 0.2) is 0 Å². The predicted octanol–water partition coefficient (Wildman–Crippen LogP) is 1.81. The molecule has 1 atom stereocenters. The number of nitrogens with one attached hydrogen (secondary N) is 1. The number of piperazine rings is 1. The van der Waals surface area contributed by atoms with Crippen LogP contribution in [0.15, 0.2) is 48.5 Å². The summed E-state index contributed by atoms with van der Waals surface area (Å²) in [7, 11) is 1.26. The van der Waals surface area contributed by atoms with Gasteiger partial charge in [-0.3, -0.25) is 14.4 Å². The molecule has 0 saturated carbocycles. The summed E-state index contributed by atoms with van der Waals surface area (Å²) in [5.41, 5.74) is 1.49. The number of carbonyl (C=O) groups excluding carboxylic acids is 3. The van der Waals surface area contributed by atoms with E-state index in [4.69, 9.17) is 9.47 Å². The Labute approximate surface area is 162 Å². The van der Waals surface area contributed by atoms with Crippen LogP contribution < -0.4 is 10.1 Å². The molecule has 2 heterocycles. The molecule has 7 heteroatoms. The smallest absolute Gasteiger partial charge is 0.308 e. The maximum atomic E-state index is 13.6. The monoisotopic (exact) mass is 380 g/mol. The quantitative estimate of drug-likeness (QED) is 0.821. The van der Waals surface area contributed by atoms with Crippen LogP contribution in [0.3, 0.4) is 0 Å². The minimum atomic E-state index is -0.893. The van der Waals surface area contributed by atoms with Gasteiger partial charge in [-0.1, -0.05) is 36.4 Å². The van der Waals surface area contributed by atoms with Gasteiger partial charge in [0.25, 0.3) is 0 Å². The van der Waals surface area contributed by atoms with Crippen LogP contribution in [-0.2, 0) is 19.1 Å². The van der Waals surface area contributed by atoms with Crippen LogP contribution in [0, 0.1) is 0 Å². The number of hydrogen-bond acceptors (Lipinski definition) is 5. The molecule has 0 bridgehead atoms. The van der Waals surface area contributed by atoms with E-state index in [0.717, 1.165) is 11.1 Å². The van der Waals surface area contributed by atoms with Crippen LogP contribution in [0.2, 0.25) is 0 Å². The summed E-state index contributed by atoms with van der Waals surface area (Å²) in [5.74, 6) is -0.485. The number of benzene rings is 2. The molecule has 0 spiro atoms. The second-order valence-electron chi connectivity index (χ2n) is 6.73. The molecule has 2 aliphatic heterocycles. The van der Waals surface area contributed by atoms with Crippen molar-refractivity contribution in [2.45, 2.75) is 18.4 Å². The van der Waals surface area contributed by atoms with Crippen LogP contribution in [0.4, 0.5) is 0 Å². The molecule has 144 valence electrons. The highest BCUT2D eigenvalue weighted by Gasteiger charge is 2.41. The first kappa shape index (κ1) is 18.0. The van der Waals surface area contributed by atoms with E-state index in [1.54, 1.807) is 0 Å². The molecule has 2 aromatic carbocycles. The van der Waals surface area contributed by atoms with E-state index >= 15 is 0 Å². The standard InChI is InChI=1S/C21H20N2O5/c1-27-18(24)12-15-20(25)22-10-11-23(15)21(26)19-13-6-2-4-8-16(13)28-17-9-5-3-7-14(17)19/h2-9,15,19H,10-12H2,1H3,(H,22,25). The Morgan fingerprint density at radius 1 is 1.11 bits per heavy atom. The maximum absolute atomic E-state index is 13.6. The minimum absolute atomic E-state index is 0.180. The molecule has 4 rings (SSSR count). The Bertz CT molecular complexity index is 896. The van der Waals surface area contributed by atoms with Gasteiger partial charge in [-0.15, -0.1) is 0 Å². The Kier molecular flexibility index (Phi) is 4.73. The average molecular weight is 380 g/mol. The summed E-state index contributed by atoms with van der Waals surface area (Å²) in [4.78, 5) is 39.3. The van der Waals surface area contributed by atoms with Gasteiger partial charge < -0.3 is 19.7 Å². The molecule has 7 nitrogen and oxygen atoms in total. The molecule has 0 aromatic heterocycles. The summed E-state index contributed by atoms with van der Waals surface area (Å²) in [6, 6.07) is 13.9. The van der Waals surface area contributed by atoms with Crippen LogP contribution in [0.5, 0.6) is 11.5 Å². The fourth-order valence-corrected chi connectivity index (χ4v) is 3.76. The van der Waals surface area contributed by atoms with E-state index in [9.17, 15) is 14.4 Å². The fourth-order valence-electron chi connectivity index (χ4n) is 3.76. The lowest BCUT2D eigenvalue weighted by molar-refractivity contribution is -0.150. The highest BCUT2D eigenvalue weighted by Crippen LogP contribution is 2.44. The van der Waals surface area contributed by atoms with E-state index in [2.05, 4.69) is 5.32 Å². The number of nitrogens with zero attached hydrogens (tertiary/aromatic N) is 1. The second-order valence-corrected chi connectivity index (χ2v) is 6.73. The van der Waals surface area contributed by atoms with Gasteiger partial charge in [-0.25, -0.2) is 0 Å². The number of ether oxygens (including phenoxy) is 2. The van der Waals surface area contributed by atoms with Gasteiger partial charge in [0.1, 0.15) is 17.5 Å². The molecular weight excluding hydrogens is 360 g/mol. The van der Waals surface area contributed by atoms with E-state index in [-0.39, 0.29) is 18.2 Å². The summed E-state index contributed by atoms with van der Waals surface area (Å²) >= 11 is 0. The zero-order valence-electron chi connectivity index (χ0n) is 15.4.